The SMILES string of the molecule is Cc1ccccc1Oc1cc(-n2c(=O)cc(C(F)(F)Cl)[nH]c2=O)c(Cl)cc1C#N. The van der Waals surface area contributed by atoms with E-state index in [0.717, 1.165) is 5.56 Å². The molecule has 1 N–H and O–H groups in total. The lowest BCUT2D eigenvalue weighted by atomic mass is 10.1. The van der Waals surface area contributed by atoms with Gasteiger partial charge in [0.25, 0.3) is 5.56 Å². The van der Waals surface area contributed by atoms with Gasteiger partial charge in [0.05, 0.1) is 16.3 Å². The number of rotatable bonds is 4. The van der Waals surface area contributed by atoms with Gasteiger partial charge in [-0.25, -0.2) is 9.36 Å². The summed E-state index contributed by atoms with van der Waals surface area (Å²) in [5.74, 6) is 0.468. The lowest BCUT2D eigenvalue weighted by Crippen LogP contribution is -2.35. The molecule has 1 heterocycles. The predicted molar refractivity (Wildman–Crippen MR) is 103 cm³/mol. The second kappa shape index (κ2) is 7.70. The minimum Gasteiger partial charge on any atom is -0.456 e. The summed E-state index contributed by atoms with van der Waals surface area (Å²) >= 11 is 11.0. The van der Waals surface area contributed by atoms with Crippen LogP contribution in [0.15, 0.2) is 52.1 Å². The van der Waals surface area contributed by atoms with Crippen LogP contribution in [0.5, 0.6) is 11.5 Å². The number of nitrogens with zero attached hydrogens (tertiary/aromatic N) is 2. The van der Waals surface area contributed by atoms with E-state index < -0.39 is 22.3 Å². The van der Waals surface area contributed by atoms with Crippen molar-refractivity contribution in [3.05, 3.63) is 85.1 Å². The molecule has 29 heavy (non-hydrogen) atoms. The van der Waals surface area contributed by atoms with Crippen molar-refractivity contribution in [3.8, 4) is 23.3 Å². The number of hydrogen-bond donors (Lipinski definition) is 1. The van der Waals surface area contributed by atoms with Crippen molar-refractivity contribution in [1.29, 1.82) is 5.26 Å². The third kappa shape index (κ3) is 4.16. The van der Waals surface area contributed by atoms with Gasteiger partial charge in [0.2, 0.25) is 0 Å². The van der Waals surface area contributed by atoms with Gasteiger partial charge in [-0.15, -0.1) is 0 Å². The van der Waals surface area contributed by atoms with E-state index in [2.05, 4.69) is 0 Å². The van der Waals surface area contributed by atoms with E-state index in [1.165, 1.54) is 12.1 Å². The first-order valence-electron chi connectivity index (χ1n) is 8.03. The molecule has 0 amide bonds. The number of nitriles is 1. The lowest BCUT2D eigenvalue weighted by molar-refractivity contribution is 0.0892. The third-order valence-corrected chi connectivity index (χ3v) is 4.47. The van der Waals surface area contributed by atoms with Gasteiger partial charge in [0, 0.05) is 12.1 Å². The van der Waals surface area contributed by atoms with Crippen LogP contribution >= 0.6 is 23.2 Å². The molecule has 0 unspecified atom stereocenters. The summed E-state index contributed by atoms with van der Waals surface area (Å²) in [6.45, 7) is 1.79. The molecule has 0 aliphatic carbocycles. The molecule has 6 nitrogen and oxygen atoms in total. The number of ether oxygens (including phenoxy) is 1. The fraction of sp³-hybridized carbons (Fsp3) is 0.105. The number of benzene rings is 2. The van der Waals surface area contributed by atoms with Crippen molar-refractivity contribution in [2.24, 2.45) is 0 Å². The average Bonchev–Trinajstić information content (AvgIpc) is 2.64. The summed E-state index contributed by atoms with van der Waals surface area (Å²) in [4.78, 5) is 26.5. The molecule has 3 rings (SSSR count). The van der Waals surface area contributed by atoms with Crippen LogP contribution in [0.4, 0.5) is 8.78 Å². The Labute approximate surface area is 172 Å². The van der Waals surface area contributed by atoms with Crippen LogP contribution in [0, 0.1) is 18.3 Å². The van der Waals surface area contributed by atoms with Gasteiger partial charge in [-0.3, -0.25) is 4.79 Å². The molecular formula is C19H11Cl2F2N3O3. The molecule has 148 valence electrons. The topological polar surface area (TPSA) is 87.9 Å². The highest BCUT2D eigenvalue weighted by Crippen LogP contribution is 2.33. The van der Waals surface area contributed by atoms with Crippen LogP contribution in [0.1, 0.15) is 16.8 Å². The van der Waals surface area contributed by atoms with E-state index in [1.54, 1.807) is 31.2 Å². The van der Waals surface area contributed by atoms with Gasteiger partial charge >= 0.3 is 11.1 Å². The number of aryl methyl sites for hydroxylation is 1. The second-order valence-corrected chi connectivity index (χ2v) is 6.82. The van der Waals surface area contributed by atoms with Crippen molar-refractivity contribution in [2.75, 3.05) is 0 Å². The normalized spacial score (nSPS) is 11.2. The molecule has 0 aliphatic heterocycles. The first kappa shape index (κ1) is 20.6. The van der Waals surface area contributed by atoms with Crippen LogP contribution in [0.25, 0.3) is 5.69 Å². The summed E-state index contributed by atoms with van der Waals surface area (Å²) < 4.78 is 32.8. The molecule has 0 fully saturated rings. The van der Waals surface area contributed by atoms with Crippen LogP contribution in [0.2, 0.25) is 5.02 Å². The van der Waals surface area contributed by atoms with Crippen LogP contribution in [0.3, 0.4) is 0 Å². The van der Waals surface area contributed by atoms with Crippen molar-refractivity contribution in [2.45, 2.75) is 12.3 Å². The Balaban J connectivity index is 2.20. The number of halogens is 4. The number of aromatic nitrogens is 2. The molecule has 0 radical (unpaired) electrons. The Kier molecular flexibility index (Phi) is 5.46. The standard InChI is InChI=1S/C19H11Cl2F2N3O3/c1-10-4-2-3-5-14(10)29-15-7-13(12(20)6-11(15)9-24)26-17(27)8-16(19(21,22)23)25-18(26)28/h2-8H,1H3,(H,25,28). The molecule has 0 spiro atoms. The maximum Gasteiger partial charge on any atom is 0.362 e. The Bertz CT molecular complexity index is 1230. The van der Waals surface area contributed by atoms with Crippen molar-refractivity contribution < 1.29 is 13.5 Å². The predicted octanol–water partition coefficient (Wildman–Crippen LogP) is 4.44. The zero-order chi connectivity index (χ0) is 21.3. The first-order chi connectivity index (χ1) is 13.6. The molecule has 0 bridgehead atoms. The molecule has 3 aromatic rings. The largest absolute Gasteiger partial charge is 0.456 e. The van der Waals surface area contributed by atoms with E-state index in [4.69, 9.17) is 27.9 Å². The highest BCUT2D eigenvalue weighted by Gasteiger charge is 2.30. The quantitative estimate of drug-likeness (QED) is 0.611. The van der Waals surface area contributed by atoms with Crippen molar-refractivity contribution in [3.63, 3.8) is 0 Å². The zero-order valence-corrected chi connectivity index (χ0v) is 16.2. The minimum atomic E-state index is -3.93. The summed E-state index contributed by atoms with van der Waals surface area (Å²) in [6.07, 6.45) is 0. The lowest BCUT2D eigenvalue weighted by Gasteiger charge is -2.14. The summed E-state index contributed by atoms with van der Waals surface area (Å²) in [7, 11) is 0. The van der Waals surface area contributed by atoms with Gasteiger partial charge in [-0.1, -0.05) is 29.8 Å². The van der Waals surface area contributed by atoms with Gasteiger partial charge in [-0.05, 0) is 36.2 Å². The van der Waals surface area contributed by atoms with Crippen molar-refractivity contribution in [1.82, 2.24) is 9.55 Å². The Hall–Kier alpha value is -3.15. The number of hydrogen-bond acceptors (Lipinski definition) is 4. The Morgan fingerprint density at radius 1 is 1.17 bits per heavy atom. The number of para-hydroxylation sites is 1. The highest BCUT2D eigenvalue weighted by atomic mass is 35.5. The van der Waals surface area contributed by atoms with Crippen LogP contribution in [-0.4, -0.2) is 9.55 Å². The summed E-state index contributed by atoms with van der Waals surface area (Å²) in [5, 5.41) is 5.31. The zero-order valence-electron chi connectivity index (χ0n) is 14.7. The van der Waals surface area contributed by atoms with Crippen LogP contribution in [-0.2, 0) is 5.38 Å². The van der Waals surface area contributed by atoms with Crippen molar-refractivity contribution >= 4 is 23.2 Å². The van der Waals surface area contributed by atoms with E-state index in [9.17, 15) is 23.6 Å². The molecule has 2 aromatic carbocycles. The smallest absolute Gasteiger partial charge is 0.362 e. The first-order valence-corrected chi connectivity index (χ1v) is 8.78. The van der Waals surface area contributed by atoms with Gasteiger partial charge in [-0.2, -0.15) is 14.0 Å². The molecule has 0 aliphatic rings. The minimum absolute atomic E-state index is 0.0271. The fourth-order valence-electron chi connectivity index (χ4n) is 2.55. The third-order valence-electron chi connectivity index (χ3n) is 3.96. The molecule has 0 saturated heterocycles. The van der Waals surface area contributed by atoms with E-state index in [0.29, 0.717) is 16.4 Å². The highest BCUT2D eigenvalue weighted by molar-refractivity contribution is 6.32. The number of aromatic amines is 1. The molecule has 0 atom stereocenters. The summed E-state index contributed by atoms with van der Waals surface area (Å²) in [6, 6.07) is 11.8. The molecule has 10 heteroatoms. The molecule has 1 aromatic heterocycles. The summed E-state index contributed by atoms with van der Waals surface area (Å²) in [5.41, 5.74) is -2.64. The van der Waals surface area contributed by atoms with E-state index in [-0.39, 0.29) is 22.0 Å². The van der Waals surface area contributed by atoms with E-state index >= 15 is 0 Å². The fourth-order valence-corrected chi connectivity index (χ4v) is 2.90. The number of nitrogens with one attached hydrogen (secondary N) is 1. The van der Waals surface area contributed by atoms with Gasteiger partial charge in [0.1, 0.15) is 23.3 Å². The number of alkyl halides is 3. The second-order valence-electron chi connectivity index (χ2n) is 5.94. The van der Waals surface area contributed by atoms with Gasteiger partial charge < -0.3 is 9.72 Å². The maximum absolute atomic E-state index is 13.2. The monoisotopic (exact) mass is 437 g/mol. The molecular weight excluding hydrogens is 427 g/mol. The molecule has 0 saturated carbocycles. The average molecular weight is 438 g/mol. The Morgan fingerprint density at radius 3 is 2.45 bits per heavy atom. The van der Waals surface area contributed by atoms with E-state index in [1.807, 2.05) is 11.1 Å². The maximum atomic E-state index is 13.2. The van der Waals surface area contributed by atoms with Gasteiger partial charge in [0.15, 0.2) is 0 Å². The Morgan fingerprint density at radius 2 is 1.86 bits per heavy atom. The van der Waals surface area contributed by atoms with Crippen LogP contribution < -0.4 is 16.0 Å². The number of H-pyrrole nitrogens is 1.